The van der Waals surface area contributed by atoms with Gasteiger partial charge in [0.1, 0.15) is 6.10 Å². The van der Waals surface area contributed by atoms with Crippen LogP contribution < -0.4 is 0 Å². The SMILES string of the molecule is CCc1ccccc1[C@@H](O)c1ccccn1. The maximum absolute atomic E-state index is 10.2. The molecule has 0 aliphatic heterocycles. The fourth-order valence-electron chi connectivity index (χ4n) is 1.82. The topological polar surface area (TPSA) is 33.1 Å². The first-order valence-electron chi connectivity index (χ1n) is 5.49. The molecule has 1 atom stereocenters. The second-order valence-corrected chi connectivity index (χ2v) is 3.71. The molecule has 0 aliphatic carbocycles. The van der Waals surface area contributed by atoms with Gasteiger partial charge >= 0.3 is 0 Å². The largest absolute Gasteiger partial charge is 0.382 e. The molecule has 2 aromatic rings. The van der Waals surface area contributed by atoms with Crippen molar-refractivity contribution in [3.8, 4) is 0 Å². The van der Waals surface area contributed by atoms with E-state index in [1.54, 1.807) is 6.20 Å². The standard InChI is InChI=1S/C14H15NO/c1-2-11-7-3-4-8-12(11)14(16)13-9-5-6-10-15-13/h3-10,14,16H,2H2,1H3/t14-/m1/s1. The van der Waals surface area contributed by atoms with E-state index in [2.05, 4.69) is 11.9 Å². The molecule has 0 saturated heterocycles. The van der Waals surface area contributed by atoms with Crippen molar-refractivity contribution in [1.29, 1.82) is 0 Å². The minimum absolute atomic E-state index is 0.627. The molecule has 2 heteroatoms. The molecule has 1 aromatic heterocycles. The number of nitrogens with zero attached hydrogens (tertiary/aromatic N) is 1. The van der Waals surface area contributed by atoms with Crippen molar-refractivity contribution < 1.29 is 5.11 Å². The Labute approximate surface area is 95.6 Å². The highest BCUT2D eigenvalue weighted by Gasteiger charge is 2.13. The third-order valence-corrected chi connectivity index (χ3v) is 2.70. The van der Waals surface area contributed by atoms with Crippen LogP contribution in [0.15, 0.2) is 48.7 Å². The number of benzene rings is 1. The van der Waals surface area contributed by atoms with Crippen LogP contribution in [0.1, 0.15) is 29.8 Å². The number of hydrogen-bond acceptors (Lipinski definition) is 2. The van der Waals surface area contributed by atoms with Crippen LogP contribution in [-0.2, 0) is 6.42 Å². The summed E-state index contributed by atoms with van der Waals surface area (Å²) in [7, 11) is 0. The lowest BCUT2D eigenvalue weighted by Gasteiger charge is -2.14. The molecule has 0 unspecified atom stereocenters. The van der Waals surface area contributed by atoms with Crippen LogP contribution in [0.4, 0.5) is 0 Å². The van der Waals surface area contributed by atoms with Crippen molar-refractivity contribution in [1.82, 2.24) is 4.98 Å². The van der Waals surface area contributed by atoms with Crippen LogP contribution in [-0.4, -0.2) is 10.1 Å². The van der Waals surface area contributed by atoms with Crippen LogP contribution >= 0.6 is 0 Å². The van der Waals surface area contributed by atoms with Gasteiger partial charge in [0, 0.05) is 6.20 Å². The lowest BCUT2D eigenvalue weighted by atomic mass is 9.98. The maximum atomic E-state index is 10.2. The van der Waals surface area contributed by atoms with Crippen molar-refractivity contribution in [3.63, 3.8) is 0 Å². The highest BCUT2D eigenvalue weighted by molar-refractivity contribution is 5.33. The lowest BCUT2D eigenvalue weighted by Crippen LogP contribution is -2.04. The van der Waals surface area contributed by atoms with Gasteiger partial charge in [0.15, 0.2) is 0 Å². The summed E-state index contributed by atoms with van der Waals surface area (Å²) in [6.45, 7) is 2.09. The molecule has 0 amide bonds. The van der Waals surface area contributed by atoms with Crippen LogP contribution in [0, 0.1) is 0 Å². The third-order valence-electron chi connectivity index (χ3n) is 2.70. The van der Waals surface area contributed by atoms with Gasteiger partial charge in [-0.3, -0.25) is 4.98 Å². The molecular formula is C14H15NO. The van der Waals surface area contributed by atoms with Crippen LogP contribution in [0.25, 0.3) is 0 Å². The van der Waals surface area contributed by atoms with E-state index in [-0.39, 0.29) is 0 Å². The molecule has 1 heterocycles. The van der Waals surface area contributed by atoms with Gasteiger partial charge in [-0.05, 0) is 29.7 Å². The van der Waals surface area contributed by atoms with E-state index in [1.165, 1.54) is 5.56 Å². The first-order chi connectivity index (χ1) is 7.83. The zero-order valence-electron chi connectivity index (χ0n) is 9.30. The van der Waals surface area contributed by atoms with E-state index in [4.69, 9.17) is 0 Å². The van der Waals surface area contributed by atoms with E-state index in [0.29, 0.717) is 5.69 Å². The molecule has 16 heavy (non-hydrogen) atoms. The monoisotopic (exact) mass is 213 g/mol. The summed E-state index contributed by atoms with van der Waals surface area (Å²) >= 11 is 0. The van der Waals surface area contributed by atoms with Crippen LogP contribution in [0.2, 0.25) is 0 Å². The normalized spacial score (nSPS) is 12.4. The summed E-state index contributed by atoms with van der Waals surface area (Å²) in [5.41, 5.74) is 2.81. The number of aliphatic hydroxyl groups is 1. The van der Waals surface area contributed by atoms with E-state index in [1.807, 2.05) is 42.5 Å². The average molecular weight is 213 g/mol. The number of pyridine rings is 1. The van der Waals surface area contributed by atoms with E-state index >= 15 is 0 Å². The minimum Gasteiger partial charge on any atom is -0.382 e. The second kappa shape index (κ2) is 4.90. The van der Waals surface area contributed by atoms with Crippen molar-refractivity contribution in [2.75, 3.05) is 0 Å². The van der Waals surface area contributed by atoms with Crippen LogP contribution in [0.5, 0.6) is 0 Å². The first kappa shape index (κ1) is 10.8. The van der Waals surface area contributed by atoms with Crippen molar-refractivity contribution >= 4 is 0 Å². The Kier molecular flexibility index (Phi) is 3.32. The summed E-state index contributed by atoms with van der Waals surface area (Å²) in [5.74, 6) is 0. The Morgan fingerprint density at radius 3 is 2.56 bits per heavy atom. The molecule has 2 nitrogen and oxygen atoms in total. The molecule has 0 radical (unpaired) electrons. The van der Waals surface area contributed by atoms with Gasteiger partial charge in [-0.2, -0.15) is 0 Å². The van der Waals surface area contributed by atoms with E-state index in [9.17, 15) is 5.11 Å². The van der Waals surface area contributed by atoms with Gasteiger partial charge in [-0.1, -0.05) is 37.3 Å². The number of rotatable bonds is 3. The molecule has 0 spiro atoms. The quantitative estimate of drug-likeness (QED) is 0.850. The maximum Gasteiger partial charge on any atom is 0.121 e. The highest BCUT2D eigenvalue weighted by Crippen LogP contribution is 2.23. The molecule has 1 aromatic carbocycles. The summed E-state index contributed by atoms with van der Waals surface area (Å²) < 4.78 is 0. The number of aryl methyl sites for hydroxylation is 1. The Morgan fingerprint density at radius 1 is 1.12 bits per heavy atom. The fourth-order valence-corrected chi connectivity index (χ4v) is 1.82. The Hall–Kier alpha value is -1.67. The fraction of sp³-hybridized carbons (Fsp3) is 0.214. The molecular weight excluding hydrogens is 198 g/mol. The number of aromatic nitrogens is 1. The Bertz CT molecular complexity index is 453. The third kappa shape index (κ3) is 2.12. The lowest BCUT2D eigenvalue weighted by molar-refractivity contribution is 0.214. The number of aliphatic hydroxyl groups excluding tert-OH is 1. The average Bonchev–Trinajstić information content (AvgIpc) is 2.39. The van der Waals surface area contributed by atoms with Crippen molar-refractivity contribution in [2.45, 2.75) is 19.4 Å². The molecule has 2 rings (SSSR count). The molecule has 0 saturated carbocycles. The van der Waals surface area contributed by atoms with E-state index in [0.717, 1.165) is 12.0 Å². The Morgan fingerprint density at radius 2 is 1.88 bits per heavy atom. The van der Waals surface area contributed by atoms with Gasteiger partial charge in [0.05, 0.1) is 5.69 Å². The van der Waals surface area contributed by atoms with Gasteiger partial charge < -0.3 is 5.11 Å². The molecule has 0 bridgehead atoms. The molecule has 0 fully saturated rings. The second-order valence-electron chi connectivity index (χ2n) is 3.71. The summed E-state index contributed by atoms with van der Waals surface area (Å²) in [6, 6.07) is 13.5. The zero-order chi connectivity index (χ0) is 11.4. The zero-order valence-corrected chi connectivity index (χ0v) is 9.30. The Balaban J connectivity index is 2.37. The van der Waals surface area contributed by atoms with Crippen molar-refractivity contribution in [2.24, 2.45) is 0 Å². The minimum atomic E-state index is -0.627. The molecule has 1 N–H and O–H groups in total. The van der Waals surface area contributed by atoms with Gasteiger partial charge in [0.25, 0.3) is 0 Å². The smallest absolute Gasteiger partial charge is 0.121 e. The number of hydrogen-bond donors (Lipinski definition) is 1. The van der Waals surface area contributed by atoms with Gasteiger partial charge in [-0.25, -0.2) is 0 Å². The van der Waals surface area contributed by atoms with Gasteiger partial charge in [-0.15, -0.1) is 0 Å². The van der Waals surface area contributed by atoms with Gasteiger partial charge in [0.2, 0.25) is 0 Å². The van der Waals surface area contributed by atoms with Crippen molar-refractivity contribution in [3.05, 3.63) is 65.5 Å². The van der Waals surface area contributed by atoms with Crippen LogP contribution in [0.3, 0.4) is 0 Å². The first-order valence-corrected chi connectivity index (χ1v) is 5.49. The molecule has 0 aliphatic rings. The molecule has 82 valence electrons. The summed E-state index contributed by atoms with van der Waals surface area (Å²) in [4.78, 5) is 4.18. The highest BCUT2D eigenvalue weighted by atomic mass is 16.3. The predicted octanol–water partition coefficient (Wildman–Crippen LogP) is 2.73. The predicted molar refractivity (Wildman–Crippen MR) is 64.1 cm³/mol. The van der Waals surface area contributed by atoms with E-state index < -0.39 is 6.10 Å². The summed E-state index contributed by atoms with van der Waals surface area (Å²) in [6.07, 6.45) is 1.99. The summed E-state index contributed by atoms with van der Waals surface area (Å²) in [5, 5.41) is 10.2.